The highest BCUT2D eigenvalue weighted by Gasteiger charge is 2.33. The number of hydrogen-bond acceptors (Lipinski definition) is 3. The van der Waals surface area contributed by atoms with Crippen LogP contribution in [-0.4, -0.2) is 39.8 Å². The summed E-state index contributed by atoms with van der Waals surface area (Å²) in [7, 11) is 0. The largest absolute Gasteiger partial charge is 0.342 e. The highest BCUT2D eigenvalue weighted by molar-refractivity contribution is 5.96. The Labute approximate surface area is 93.0 Å². The Hall–Kier alpha value is -1.85. The van der Waals surface area contributed by atoms with Gasteiger partial charge in [0.1, 0.15) is 0 Å². The van der Waals surface area contributed by atoms with Crippen LogP contribution in [0.15, 0.2) is 12.4 Å². The zero-order valence-corrected chi connectivity index (χ0v) is 9.06. The van der Waals surface area contributed by atoms with Crippen molar-refractivity contribution in [2.24, 2.45) is 5.92 Å². The van der Waals surface area contributed by atoms with E-state index >= 15 is 0 Å². The van der Waals surface area contributed by atoms with Crippen molar-refractivity contribution in [1.82, 2.24) is 14.9 Å². The standard InChI is InChI=1S/C10H14N4O2/c1-2-14-6-7(5-8(14)15)9(16)13-10-11-3-4-12-10/h3-4,7H,2,5-6H2,1H3,(H2,11,12,13,16). The number of likely N-dealkylation sites (tertiary alicyclic amines) is 1. The molecule has 2 amide bonds. The lowest BCUT2D eigenvalue weighted by Gasteiger charge is -2.12. The van der Waals surface area contributed by atoms with Gasteiger partial charge in [-0.05, 0) is 6.92 Å². The molecule has 1 aliphatic heterocycles. The van der Waals surface area contributed by atoms with Crippen molar-refractivity contribution in [1.29, 1.82) is 0 Å². The SMILES string of the molecule is CCN1CC(C(=O)Nc2ncc[nH]2)CC1=O. The second-order valence-corrected chi connectivity index (χ2v) is 3.76. The van der Waals surface area contributed by atoms with Gasteiger partial charge >= 0.3 is 0 Å². The lowest BCUT2D eigenvalue weighted by atomic mass is 10.1. The molecule has 2 heterocycles. The van der Waals surface area contributed by atoms with Crippen LogP contribution in [0.4, 0.5) is 5.95 Å². The van der Waals surface area contributed by atoms with Crippen molar-refractivity contribution < 1.29 is 9.59 Å². The number of amides is 2. The zero-order valence-electron chi connectivity index (χ0n) is 9.06. The van der Waals surface area contributed by atoms with E-state index in [0.29, 0.717) is 25.5 Å². The predicted molar refractivity (Wildman–Crippen MR) is 57.6 cm³/mol. The fourth-order valence-corrected chi connectivity index (χ4v) is 1.81. The third-order valence-electron chi connectivity index (χ3n) is 2.71. The number of hydrogen-bond donors (Lipinski definition) is 2. The topological polar surface area (TPSA) is 78.1 Å². The molecular weight excluding hydrogens is 208 g/mol. The van der Waals surface area contributed by atoms with Gasteiger partial charge in [-0.3, -0.25) is 14.9 Å². The normalized spacial score (nSPS) is 20.2. The van der Waals surface area contributed by atoms with Crippen LogP contribution in [0.3, 0.4) is 0 Å². The van der Waals surface area contributed by atoms with E-state index in [9.17, 15) is 9.59 Å². The average Bonchev–Trinajstić information content (AvgIpc) is 2.87. The number of aromatic amines is 1. The van der Waals surface area contributed by atoms with Crippen LogP contribution in [0, 0.1) is 5.92 Å². The fraction of sp³-hybridized carbons (Fsp3) is 0.500. The van der Waals surface area contributed by atoms with E-state index in [1.54, 1.807) is 17.3 Å². The van der Waals surface area contributed by atoms with Gasteiger partial charge in [-0.25, -0.2) is 4.98 Å². The van der Waals surface area contributed by atoms with Gasteiger partial charge in [0, 0.05) is 31.9 Å². The number of nitrogens with one attached hydrogen (secondary N) is 2. The Morgan fingerprint density at radius 3 is 3.12 bits per heavy atom. The first-order valence-electron chi connectivity index (χ1n) is 5.28. The molecule has 0 saturated carbocycles. The van der Waals surface area contributed by atoms with E-state index in [1.165, 1.54) is 0 Å². The number of carbonyl (C=O) groups excluding carboxylic acids is 2. The molecule has 0 aromatic carbocycles. The molecule has 1 atom stereocenters. The summed E-state index contributed by atoms with van der Waals surface area (Å²) < 4.78 is 0. The molecule has 1 aromatic heterocycles. The van der Waals surface area contributed by atoms with Gasteiger partial charge in [0.25, 0.3) is 0 Å². The highest BCUT2D eigenvalue weighted by Crippen LogP contribution is 2.18. The van der Waals surface area contributed by atoms with Gasteiger partial charge in [-0.1, -0.05) is 0 Å². The van der Waals surface area contributed by atoms with E-state index in [2.05, 4.69) is 15.3 Å². The van der Waals surface area contributed by atoms with Crippen molar-refractivity contribution in [2.45, 2.75) is 13.3 Å². The zero-order chi connectivity index (χ0) is 11.5. The van der Waals surface area contributed by atoms with Crippen LogP contribution in [0.5, 0.6) is 0 Å². The van der Waals surface area contributed by atoms with Crippen LogP contribution in [0.2, 0.25) is 0 Å². The smallest absolute Gasteiger partial charge is 0.232 e. The average molecular weight is 222 g/mol. The van der Waals surface area contributed by atoms with Crippen LogP contribution in [-0.2, 0) is 9.59 Å². The van der Waals surface area contributed by atoms with E-state index < -0.39 is 0 Å². The molecule has 0 spiro atoms. The van der Waals surface area contributed by atoms with Gasteiger partial charge in [-0.15, -0.1) is 0 Å². The van der Waals surface area contributed by atoms with Gasteiger partial charge in [0.15, 0.2) is 0 Å². The molecule has 0 bridgehead atoms. The van der Waals surface area contributed by atoms with Gasteiger partial charge in [0.05, 0.1) is 5.92 Å². The third-order valence-corrected chi connectivity index (χ3v) is 2.71. The van der Waals surface area contributed by atoms with E-state index in [4.69, 9.17) is 0 Å². The minimum absolute atomic E-state index is 0.0436. The summed E-state index contributed by atoms with van der Waals surface area (Å²) >= 11 is 0. The number of imidazole rings is 1. The lowest BCUT2D eigenvalue weighted by molar-refractivity contribution is -0.128. The van der Waals surface area contributed by atoms with Crippen LogP contribution in [0.1, 0.15) is 13.3 Å². The van der Waals surface area contributed by atoms with E-state index in [0.717, 1.165) is 0 Å². The molecule has 1 unspecified atom stereocenters. The number of H-pyrrole nitrogens is 1. The molecular formula is C10H14N4O2. The molecule has 1 fully saturated rings. The summed E-state index contributed by atoms with van der Waals surface area (Å²) in [5.41, 5.74) is 0. The third kappa shape index (κ3) is 2.05. The van der Waals surface area contributed by atoms with Crippen LogP contribution >= 0.6 is 0 Å². The summed E-state index contributed by atoms with van der Waals surface area (Å²) in [5.74, 6) is 0.0475. The van der Waals surface area contributed by atoms with Crippen molar-refractivity contribution in [3.05, 3.63) is 12.4 Å². The first-order valence-corrected chi connectivity index (χ1v) is 5.28. The van der Waals surface area contributed by atoms with Gasteiger partial charge < -0.3 is 9.88 Å². The summed E-state index contributed by atoms with van der Waals surface area (Å²) in [6.07, 6.45) is 3.49. The monoisotopic (exact) mass is 222 g/mol. The fourth-order valence-electron chi connectivity index (χ4n) is 1.81. The number of aromatic nitrogens is 2. The summed E-state index contributed by atoms with van der Waals surface area (Å²) in [5, 5.41) is 2.64. The molecule has 0 aliphatic carbocycles. The maximum atomic E-state index is 11.8. The molecule has 2 N–H and O–H groups in total. The Bertz CT molecular complexity index is 388. The van der Waals surface area contributed by atoms with Crippen LogP contribution in [0.25, 0.3) is 0 Å². The molecule has 2 rings (SSSR count). The summed E-state index contributed by atoms with van der Waals surface area (Å²) in [6.45, 7) is 3.07. The quantitative estimate of drug-likeness (QED) is 0.767. The number of anilines is 1. The number of nitrogens with zero attached hydrogens (tertiary/aromatic N) is 2. The number of rotatable bonds is 3. The number of carbonyl (C=O) groups is 2. The molecule has 86 valence electrons. The summed E-state index contributed by atoms with van der Waals surface area (Å²) in [4.78, 5) is 31.6. The van der Waals surface area contributed by atoms with Crippen molar-refractivity contribution in [2.75, 3.05) is 18.4 Å². The van der Waals surface area contributed by atoms with Gasteiger partial charge in [0.2, 0.25) is 17.8 Å². The molecule has 16 heavy (non-hydrogen) atoms. The molecule has 1 saturated heterocycles. The Balaban J connectivity index is 1.94. The molecule has 6 heteroatoms. The first kappa shape index (κ1) is 10.7. The maximum Gasteiger partial charge on any atom is 0.232 e. The van der Waals surface area contributed by atoms with Gasteiger partial charge in [-0.2, -0.15) is 0 Å². The highest BCUT2D eigenvalue weighted by atomic mass is 16.2. The first-order chi connectivity index (χ1) is 7.70. The Morgan fingerprint density at radius 2 is 2.56 bits per heavy atom. The second kappa shape index (κ2) is 4.34. The molecule has 1 aliphatic rings. The Morgan fingerprint density at radius 1 is 1.75 bits per heavy atom. The molecule has 6 nitrogen and oxygen atoms in total. The minimum Gasteiger partial charge on any atom is -0.342 e. The van der Waals surface area contributed by atoms with Crippen molar-refractivity contribution in [3.63, 3.8) is 0 Å². The Kier molecular flexibility index (Phi) is 2.89. The van der Waals surface area contributed by atoms with Crippen LogP contribution < -0.4 is 5.32 Å². The van der Waals surface area contributed by atoms with E-state index in [1.807, 2.05) is 6.92 Å². The maximum absolute atomic E-state index is 11.8. The van der Waals surface area contributed by atoms with E-state index in [-0.39, 0.29) is 17.7 Å². The molecule has 1 aromatic rings. The molecule has 0 radical (unpaired) electrons. The predicted octanol–water partition coefficient (Wildman–Crippen LogP) is 0.217. The minimum atomic E-state index is -0.266. The van der Waals surface area contributed by atoms with Crippen molar-refractivity contribution >= 4 is 17.8 Å². The van der Waals surface area contributed by atoms with Crippen molar-refractivity contribution in [3.8, 4) is 0 Å². The second-order valence-electron chi connectivity index (χ2n) is 3.76. The lowest BCUT2D eigenvalue weighted by Crippen LogP contribution is -2.28. The summed E-state index contributed by atoms with van der Waals surface area (Å²) in [6, 6.07) is 0.